The molecule has 8 nitrogen and oxygen atoms in total. The van der Waals surface area contributed by atoms with Gasteiger partial charge in [-0.15, -0.1) is 0 Å². The van der Waals surface area contributed by atoms with E-state index in [1.165, 1.54) is 43.3 Å². The number of carbonyl (C=O) groups excluding carboxylic acids is 1. The number of hydrogen-bond acceptors (Lipinski definition) is 7. The zero-order chi connectivity index (χ0) is 29.3. The fraction of sp³-hybridized carbons (Fsp3) is 0.0667. The number of halogens is 3. The topological polar surface area (TPSA) is 109 Å². The molecule has 0 radical (unpaired) electrons. The molecule has 1 aromatic heterocycles. The van der Waals surface area contributed by atoms with Crippen LogP contribution in [0.5, 0.6) is 17.2 Å². The minimum Gasteiger partial charge on any atom is -0.449 e. The lowest BCUT2D eigenvalue weighted by atomic mass is 10.1. The molecule has 0 bridgehead atoms. The van der Waals surface area contributed by atoms with E-state index in [2.05, 4.69) is 0 Å². The van der Waals surface area contributed by atoms with Crippen LogP contribution in [-0.2, 0) is 6.18 Å². The summed E-state index contributed by atoms with van der Waals surface area (Å²) < 4.78 is 57.6. The molecule has 0 spiro atoms. The van der Waals surface area contributed by atoms with Gasteiger partial charge >= 0.3 is 12.1 Å². The Balaban J connectivity index is 1.48. The van der Waals surface area contributed by atoms with E-state index in [4.69, 9.17) is 13.9 Å². The molecule has 206 valence electrons. The maximum atomic E-state index is 14.0. The Morgan fingerprint density at radius 2 is 1.54 bits per heavy atom. The van der Waals surface area contributed by atoms with E-state index < -0.39 is 39.6 Å². The molecular formula is C30H18F3NO7. The van der Waals surface area contributed by atoms with Crippen molar-refractivity contribution < 1.29 is 36.8 Å². The minimum atomic E-state index is -5.10. The number of nitro benzene ring substituents is 1. The van der Waals surface area contributed by atoms with Crippen LogP contribution in [0.1, 0.15) is 21.7 Å². The highest BCUT2D eigenvalue weighted by atomic mass is 19.4. The molecule has 1 heterocycles. The third kappa shape index (κ3) is 5.50. The van der Waals surface area contributed by atoms with E-state index in [1.54, 1.807) is 12.1 Å². The molecule has 0 unspecified atom stereocenters. The van der Waals surface area contributed by atoms with E-state index in [0.29, 0.717) is 0 Å². The minimum absolute atomic E-state index is 0.0142. The lowest BCUT2D eigenvalue weighted by Gasteiger charge is -2.14. The van der Waals surface area contributed by atoms with Crippen molar-refractivity contribution >= 4 is 22.6 Å². The van der Waals surface area contributed by atoms with Crippen LogP contribution in [-0.4, -0.2) is 10.9 Å². The standard InChI is InChI=1S/C30H18F3NO7/c1-17-22(8-5-9-24(17)34(37)38)29(36)40-21-14-15-23-25(16-21)41-28(30(31,32)33)27(26(23)35)39-20-12-10-19(11-13-20)18-6-3-2-4-7-18/h2-16H,1H3. The van der Waals surface area contributed by atoms with Crippen molar-refractivity contribution in [1.82, 2.24) is 0 Å². The number of hydrogen-bond donors (Lipinski definition) is 0. The van der Waals surface area contributed by atoms with Crippen molar-refractivity contribution in [3.63, 3.8) is 0 Å². The molecule has 0 fully saturated rings. The second kappa shape index (κ2) is 10.6. The van der Waals surface area contributed by atoms with E-state index in [1.807, 2.05) is 30.3 Å². The van der Waals surface area contributed by atoms with Gasteiger partial charge in [-0.3, -0.25) is 14.9 Å². The predicted octanol–water partition coefficient (Wildman–Crippen LogP) is 7.71. The molecule has 0 saturated carbocycles. The summed E-state index contributed by atoms with van der Waals surface area (Å²) in [5.74, 6) is -3.95. The summed E-state index contributed by atoms with van der Waals surface area (Å²) in [5, 5.41) is 10.9. The molecule has 0 aliphatic heterocycles. The number of nitrogens with zero attached hydrogens (tertiary/aromatic N) is 1. The molecule has 0 N–H and O–H groups in total. The average molecular weight is 561 g/mol. The lowest BCUT2D eigenvalue weighted by molar-refractivity contribution is -0.385. The Labute approximate surface area is 229 Å². The van der Waals surface area contributed by atoms with Gasteiger partial charge in [0.05, 0.1) is 15.9 Å². The Bertz CT molecular complexity index is 1850. The first-order valence-corrected chi connectivity index (χ1v) is 12.0. The van der Waals surface area contributed by atoms with Crippen molar-refractivity contribution in [2.45, 2.75) is 13.1 Å². The monoisotopic (exact) mass is 561 g/mol. The van der Waals surface area contributed by atoms with Crippen LogP contribution in [0.15, 0.2) is 100 Å². The van der Waals surface area contributed by atoms with Crippen molar-refractivity contribution in [3.05, 3.63) is 128 Å². The van der Waals surface area contributed by atoms with Crippen LogP contribution in [0.25, 0.3) is 22.1 Å². The molecule has 4 aromatic carbocycles. The maximum absolute atomic E-state index is 14.0. The number of nitro groups is 1. The van der Waals surface area contributed by atoms with Gasteiger partial charge in [0.25, 0.3) is 11.4 Å². The number of fused-ring (bicyclic) bond motifs is 1. The summed E-state index contributed by atoms with van der Waals surface area (Å²) in [4.78, 5) is 36.3. The molecular weight excluding hydrogens is 543 g/mol. The van der Waals surface area contributed by atoms with Crippen LogP contribution >= 0.6 is 0 Å². The van der Waals surface area contributed by atoms with Gasteiger partial charge in [0, 0.05) is 17.7 Å². The average Bonchev–Trinajstić information content (AvgIpc) is 2.94. The van der Waals surface area contributed by atoms with Crippen LogP contribution in [0.2, 0.25) is 0 Å². The summed E-state index contributed by atoms with van der Waals surface area (Å²) in [6.45, 7) is 1.36. The Morgan fingerprint density at radius 1 is 0.878 bits per heavy atom. The first kappa shape index (κ1) is 27.1. The van der Waals surface area contributed by atoms with Gasteiger partial charge in [-0.2, -0.15) is 13.2 Å². The van der Waals surface area contributed by atoms with E-state index in [-0.39, 0.29) is 33.7 Å². The number of alkyl halides is 3. The Hall–Kier alpha value is -5.45. The van der Waals surface area contributed by atoms with E-state index in [0.717, 1.165) is 23.3 Å². The fourth-order valence-electron chi connectivity index (χ4n) is 4.17. The van der Waals surface area contributed by atoms with Gasteiger partial charge in [-0.05, 0) is 48.4 Å². The zero-order valence-electron chi connectivity index (χ0n) is 21.1. The van der Waals surface area contributed by atoms with Crippen LogP contribution in [0.3, 0.4) is 0 Å². The maximum Gasteiger partial charge on any atom is 0.453 e. The first-order valence-electron chi connectivity index (χ1n) is 12.0. The van der Waals surface area contributed by atoms with Gasteiger partial charge < -0.3 is 13.9 Å². The van der Waals surface area contributed by atoms with Gasteiger partial charge in [-0.25, -0.2) is 4.79 Å². The normalized spacial score (nSPS) is 11.3. The van der Waals surface area contributed by atoms with Crippen molar-refractivity contribution in [2.75, 3.05) is 0 Å². The summed E-state index contributed by atoms with van der Waals surface area (Å²) >= 11 is 0. The molecule has 0 amide bonds. The molecule has 41 heavy (non-hydrogen) atoms. The number of esters is 1. The highest BCUT2D eigenvalue weighted by molar-refractivity contribution is 5.94. The first-order chi connectivity index (χ1) is 19.5. The van der Waals surface area contributed by atoms with Gasteiger partial charge in [-0.1, -0.05) is 48.5 Å². The van der Waals surface area contributed by atoms with Crippen LogP contribution in [0.4, 0.5) is 18.9 Å². The van der Waals surface area contributed by atoms with Gasteiger partial charge in [0.1, 0.15) is 17.1 Å². The molecule has 5 aromatic rings. The SMILES string of the molecule is Cc1c(C(=O)Oc2ccc3c(=O)c(Oc4ccc(-c5ccccc5)cc4)c(C(F)(F)F)oc3c2)cccc1[N+](=O)[O-]. The molecule has 0 aliphatic carbocycles. The van der Waals surface area contributed by atoms with Crippen LogP contribution in [0, 0.1) is 17.0 Å². The van der Waals surface area contributed by atoms with Crippen molar-refractivity contribution in [2.24, 2.45) is 0 Å². The molecule has 5 rings (SSSR count). The highest BCUT2D eigenvalue weighted by Gasteiger charge is 2.40. The molecule has 11 heteroatoms. The van der Waals surface area contributed by atoms with Crippen LogP contribution < -0.4 is 14.9 Å². The largest absolute Gasteiger partial charge is 0.453 e. The Kier molecular flexibility index (Phi) is 7.02. The summed E-state index contributed by atoms with van der Waals surface area (Å²) in [6.07, 6.45) is -5.10. The highest BCUT2D eigenvalue weighted by Crippen LogP contribution is 2.39. The number of rotatable bonds is 6. The molecule has 0 aliphatic rings. The van der Waals surface area contributed by atoms with Crippen molar-refractivity contribution in [3.8, 4) is 28.4 Å². The smallest absolute Gasteiger partial charge is 0.449 e. The van der Waals surface area contributed by atoms with Gasteiger partial charge in [0.2, 0.25) is 11.2 Å². The van der Waals surface area contributed by atoms with E-state index in [9.17, 15) is 32.9 Å². The van der Waals surface area contributed by atoms with Gasteiger partial charge in [0.15, 0.2) is 0 Å². The molecule has 0 saturated heterocycles. The fourth-order valence-corrected chi connectivity index (χ4v) is 4.17. The third-order valence-electron chi connectivity index (χ3n) is 6.19. The number of benzene rings is 4. The zero-order valence-corrected chi connectivity index (χ0v) is 21.1. The predicted molar refractivity (Wildman–Crippen MR) is 142 cm³/mol. The van der Waals surface area contributed by atoms with E-state index >= 15 is 0 Å². The Morgan fingerprint density at radius 3 is 2.20 bits per heavy atom. The summed E-state index contributed by atoms with van der Waals surface area (Å²) in [5.41, 5.74) is -0.278. The number of ether oxygens (including phenoxy) is 2. The summed E-state index contributed by atoms with van der Waals surface area (Å²) in [7, 11) is 0. The second-order valence-corrected chi connectivity index (χ2v) is 8.83. The molecule has 0 atom stereocenters. The number of carbonyl (C=O) groups is 1. The lowest BCUT2D eigenvalue weighted by Crippen LogP contribution is -2.16. The van der Waals surface area contributed by atoms with Crippen molar-refractivity contribution in [1.29, 1.82) is 0 Å². The third-order valence-corrected chi connectivity index (χ3v) is 6.19. The second-order valence-electron chi connectivity index (χ2n) is 8.83. The quantitative estimate of drug-likeness (QED) is 0.0904. The summed E-state index contributed by atoms with van der Waals surface area (Å²) in [6, 6.07) is 22.5.